The maximum absolute atomic E-state index is 12.7. The van der Waals surface area contributed by atoms with Crippen LogP contribution in [0.4, 0.5) is 4.79 Å². The molecule has 4 amide bonds. The molecule has 7 heteroatoms. The SMILES string of the molecule is CC(C)C[C@H]1NC(=O)[C@@H]2C[C@H](NC(=O)N[C@H](C)c3ccccc3)CN2C1=O. The van der Waals surface area contributed by atoms with Crippen molar-refractivity contribution in [2.24, 2.45) is 5.92 Å². The maximum atomic E-state index is 12.7. The summed E-state index contributed by atoms with van der Waals surface area (Å²) in [5.41, 5.74) is 1.02. The first-order chi connectivity index (χ1) is 12.8. The van der Waals surface area contributed by atoms with Gasteiger partial charge in [-0.25, -0.2) is 4.79 Å². The standard InChI is InChI=1S/C20H28N4O3/c1-12(2)9-16-19(26)24-11-15(10-17(24)18(25)23-16)22-20(27)21-13(3)14-7-5-4-6-8-14/h4-8,12-13,15-17H,9-11H2,1-3H3,(H,23,25)(H2,21,22,27)/t13-,15+,16-,17+/m1/s1. The summed E-state index contributed by atoms with van der Waals surface area (Å²) >= 11 is 0. The topological polar surface area (TPSA) is 90.5 Å². The molecule has 3 N–H and O–H groups in total. The molecule has 27 heavy (non-hydrogen) atoms. The van der Waals surface area contributed by atoms with Crippen LogP contribution in [0.3, 0.4) is 0 Å². The number of nitrogens with one attached hydrogen (secondary N) is 3. The van der Waals surface area contributed by atoms with Gasteiger partial charge in [0, 0.05) is 6.54 Å². The van der Waals surface area contributed by atoms with Gasteiger partial charge in [0.2, 0.25) is 11.8 Å². The van der Waals surface area contributed by atoms with E-state index in [-0.39, 0.29) is 29.9 Å². The van der Waals surface area contributed by atoms with Gasteiger partial charge < -0.3 is 20.9 Å². The van der Waals surface area contributed by atoms with Crippen molar-refractivity contribution in [3.63, 3.8) is 0 Å². The van der Waals surface area contributed by atoms with Crippen LogP contribution < -0.4 is 16.0 Å². The predicted octanol–water partition coefficient (Wildman–Crippen LogP) is 1.56. The van der Waals surface area contributed by atoms with Crippen LogP contribution in [-0.4, -0.2) is 47.4 Å². The van der Waals surface area contributed by atoms with Crippen LogP contribution in [0.5, 0.6) is 0 Å². The van der Waals surface area contributed by atoms with Crippen molar-refractivity contribution < 1.29 is 14.4 Å². The van der Waals surface area contributed by atoms with Crippen molar-refractivity contribution in [3.8, 4) is 0 Å². The summed E-state index contributed by atoms with van der Waals surface area (Å²) in [6, 6.07) is 8.11. The fourth-order valence-corrected chi connectivity index (χ4v) is 3.84. The third-order valence-electron chi connectivity index (χ3n) is 5.19. The van der Waals surface area contributed by atoms with Crippen molar-refractivity contribution in [2.75, 3.05) is 6.54 Å². The molecule has 146 valence electrons. The molecule has 0 aromatic heterocycles. The summed E-state index contributed by atoms with van der Waals surface area (Å²) in [7, 11) is 0. The molecule has 0 saturated carbocycles. The first-order valence-electron chi connectivity index (χ1n) is 9.58. The number of rotatable bonds is 5. The Labute approximate surface area is 159 Å². The molecule has 2 aliphatic heterocycles. The molecule has 2 saturated heterocycles. The van der Waals surface area contributed by atoms with E-state index >= 15 is 0 Å². The summed E-state index contributed by atoms with van der Waals surface area (Å²) in [4.78, 5) is 39.0. The molecule has 0 radical (unpaired) electrons. The second kappa shape index (κ2) is 7.98. The second-order valence-corrected chi connectivity index (χ2v) is 7.88. The van der Waals surface area contributed by atoms with E-state index in [1.165, 1.54) is 0 Å². The Morgan fingerprint density at radius 3 is 2.59 bits per heavy atom. The van der Waals surface area contributed by atoms with Crippen LogP contribution in [0.15, 0.2) is 30.3 Å². The van der Waals surface area contributed by atoms with Crippen molar-refractivity contribution >= 4 is 17.8 Å². The quantitative estimate of drug-likeness (QED) is 0.733. The zero-order chi connectivity index (χ0) is 19.6. The lowest BCUT2D eigenvalue weighted by Gasteiger charge is -2.35. The highest BCUT2D eigenvalue weighted by Gasteiger charge is 2.46. The number of piperazine rings is 1. The van der Waals surface area contributed by atoms with E-state index in [1.807, 2.05) is 51.1 Å². The minimum absolute atomic E-state index is 0.0457. The van der Waals surface area contributed by atoms with Crippen LogP contribution >= 0.6 is 0 Å². The number of hydrogen-bond acceptors (Lipinski definition) is 3. The average molecular weight is 372 g/mol. The largest absolute Gasteiger partial charge is 0.342 e. The van der Waals surface area contributed by atoms with Gasteiger partial charge in [-0.1, -0.05) is 44.2 Å². The number of amides is 4. The zero-order valence-corrected chi connectivity index (χ0v) is 16.1. The van der Waals surface area contributed by atoms with Crippen LogP contribution in [0.25, 0.3) is 0 Å². The van der Waals surface area contributed by atoms with E-state index in [0.29, 0.717) is 25.3 Å². The molecule has 2 fully saturated rings. The Balaban J connectivity index is 1.56. The predicted molar refractivity (Wildman–Crippen MR) is 102 cm³/mol. The first-order valence-corrected chi connectivity index (χ1v) is 9.58. The van der Waals surface area contributed by atoms with E-state index < -0.39 is 12.1 Å². The second-order valence-electron chi connectivity index (χ2n) is 7.88. The number of benzene rings is 1. The van der Waals surface area contributed by atoms with Gasteiger partial charge in [0.1, 0.15) is 12.1 Å². The lowest BCUT2D eigenvalue weighted by atomic mass is 9.99. The molecule has 1 aromatic carbocycles. The molecule has 3 rings (SSSR count). The van der Waals surface area contributed by atoms with E-state index in [1.54, 1.807) is 4.90 Å². The monoisotopic (exact) mass is 372 g/mol. The number of carbonyl (C=O) groups is 3. The van der Waals surface area contributed by atoms with E-state index in [4.69, 9.17) is 0 Å². The first kappa shape index (κ1) is 19.2. The van der Waals surface area contributed by atoms with Crippen molar-refractivity contribution in [1.29, 1.82) is 0 Å². The fraction of sp³-hybridized carbons (Fsp3) is 0.550. The minimum atomic E-state index is -0.488. The molecular weight excluding hydrogens is 344 g/mol. The Morgan fingerprint density at radius 1 is 1.22 bits per heavy atom. The van der Waals surface area contributed by atoms with E-state index in [0.717, 1.165) is 5.56 Å². The highest BCUT2D eigenvalue weighted by atomic mass is 16.2. The summed E-state index contributed by atoms with van der Waals surface area (Å²) < 4.78 is 0. The summed E-state index contributed by atoms with van der Waals surface area (Å²) in [6.45, 7) is 6.34. The number of hydrogen-bond donors (Lipinski definition) is 3. The number of nitrogens with zero attached hydrogens (tertiary/aromatic N) is 1. The molecule has 0 aliphatic carbocycles. The highest BCUT2D eigenvalue weighted by molar-refractivity contribution is 5.97. The molecule has 0 bridgehead atoms. The lowest BCUT2D eigenvalue weighted by Crippen LogP contribution is -2.61. The van der Waals surface area contributed by atoms with Gasteiger partial charge in [0.25, 0.3) is 0 Å². The smallest absolute Gasteiger partial charge is 0.315 e. The molecule has 0 unspecified atom stereocenters. The Kier molecular flexibility index (Phi) is 5.68. The molecule has 2 heterocycles. The Morgan fingerprint density at radius 2 is 1.93 bits per heavy atom. The Bertz CT molecular complexity index is 706. The molecular formula is C20H28N4O3. The summed E-state index contributed by atoms with van der Waals surface area (Å²) in [6.07, 6.45) is 1.07. The average Bonchev–Trinajstić information content (AvgIpc) is 3.04. The van der Waals surface area contributed by atoms with Crippen LogP contribution in [0, 0.1) is 5.92 Å². The number of urea groups is 1. The van der Waals surface area contributed by atoms with Gasteiger partial charge in [0.15, 0.2) is 0 Å². The highest BCUT2D eigenvalue weighted by Crippen LogP contribution is 2.24. The van der Waals surface area contributed by atoms with Crippen molar-refractivity contribution in [3.05, 3.63) is 35.9 Å². The Hall–Kier alpha value is -2.57. The lowest BCUT2D eigenvalue weighted by molar-refractivity contribution is -0.147. The van der Waals surface area contributed by atoms with Crippen molar-refractivity contribution in [1.82, 2.24) is 20.9 Å². The number of fused-ring (bicyclic) bond motifs is 1. The van der Waals surface area contributed by atoms with Crippen LogP contribution in [-0.2, 0) is 9.59 Å². The van der Waals surface area contributed by atoms with E-state index in [2.05, 4.69) is 16.0 Å². The van der Waals surface area contributed by atoms with Crippen LogP contribution in [0.1, 0.15) is 45.2 Å². The third-order valence-corrected chi connectivity index (χ3v) is 5.19. The van der Waals surface area contributed by atoms with Gasteiger partial charge >= 0.3 is 6.03 Å². The van der Waals surface area contributed by atoms with Gasteiger partial charge in [-0.15, -0.1) is 0 Å². The molecule has 0 spiro atoms. The van der Waals surface area contributed by atoms with Gasteiger partial charge in [-0.3, -0.25) is 9.59 Å². The maximum Gasteiger partial charge on any atom is 0.315 e. The normalized spacial score (nSPS) is 25.8. The van der Waals surface area contributed by atoms with E-state index in [9.17, 15) is 14.4 Å². The fourth-order valence-electron chi connectivity index (χ4n) is 3.84. The minimum Gasteiger partial charge on any atom is -0.342 e. The molecule has 1 aromatic rings. The van der Waals surface area contributed by atoms with Gasteiger partial charge in [0.05, 0.1) is 12.1 Å². The zero-order valence-electron chi connectivity index (χ0n) is 16.1. The summed E-state index contributed by atoms with van der Waals surface area (Å²) in [5, 5.41) is 8.65. The van der Waals surface area contributed by atoms with Crippen LogP contribution in [0.2, 0.25) is 0 Å². The molecule has 7 nitrogen and oxygen atoms in total. The molecule has 4 atom stereocenters. The number of carbonyl (C=O) groups excluding carboxylic acids is 3. The third kappa shape index (κ3) is 4.40. The molecule has 2 aliphatic rings. The van der Waals surface area contributed by atoms with Crippen molar-refractivity contribution in [2.45, 2.75) is 57.8 Å². The van der Waals surface area contributed by atoms with Gasteiger partial charge in [-0.05, 0) is 31.2 Å². The summed E-state index contributed by atoms with van der Waals surface area (Å²) in [5.74, 6) is 0.149. The van der Waals surface area contributed by atoms with Gasteiger partial charge in [-0.2, -0.15) is 0 Å².